The minimum atomic E-state index is -0.395. The van der Waals surface area contributed by atoms with E-state index in [1.165, 1.54) is 14.2 Å². The topological polar surface area (TPSA) is 94.2 Å². The van der Waals surface area contributed by atoms with E-state index < -0.39 is 5.97 Å². The number of likely N-dealkylation sites (tertiary alicyclic amines) is 1. The summed E-state index contributed by atoms with van der Waals surface area (Å²) in [6.07, 6.45) is 1.55. The molecule has 32 heavy (non-hydrogen) atoms. The van der Waals surface area contributed by atoms with Gasteiger partial charge >= 0.3 is 5.97 Å². The summed E-state index contributed by atoms with van der Waals surface area (Å²) in [5.74, 6) is 0.105. The van der Waals surface area contributed by atoms with Crippen LogP contribution in [0.2, 0.25) is 0 Å². The molecular weight excluding hydrogens is 412 g/mol. The Bertz CT molecular complexity index is 919. The number of hydrogen-bond acceptors (Lipinski definition) is 6. The van der Waals surface area contributed by atoms with Gasteiger partial charge in [-0.3, -0.25) is 9.59 Å². The van der Waals surface area contributed by atoms with Crippen LogP contribution in [0.4, 0.5) is 0 Å². The van der Waals surface area contributed by atoms with Gasteiger partial charge in [-0.05, 0) is 42.0 Å². The molecule has 0 saturated carbocycles. The standard InChI is InChI=1S/C24H28N2O6/c1-30-16-22(27)26-13-11-21(12-14-26)32-20-9-7-18(8-10-20)23(28)25-15-17-3-5-19(6-4-17)24(29)31-2/h3-10,21H,11-16H2,1-2H3,(H,25,28). The number of piperidine rings is 1. The highest BCUT2D eigenvalue weighted by Gasteiger charge is 2.23. The van der Waals surface area contributed by atoms with Crippen molar-refractivity contribution >= 4 is 17.8 Å². The molecule has 170 valence electrons. The van der Waals surface area contributed by atoms with Crippen LogP contribution in [0.25, 0.3) is 0 Å². The molecule has 3 rings (SSSR count). The van der Waals surface area contributed by atoms with E-state index in [-0.39, 0.29) is 24.5 Å². The second kappa shape index (κ2) is 11.3. The summed E-state index contributed by atoms with van der Waals surface area (Å²) in [6, 6.07) is 13.9. The second-order valence-electron chi connectivity index (χ2n) is 7.53. The number of esters is 1. The third-order valence-electron chi connectivity index (χ3n) is 5.31. The van der Waals surface area contributed by atoms with Crippen molar-refractivity contribution in [2.24, 2.45) is 0 Å². The van der Waals surface area contributed by atoms with E-state index in [9.17, 15) is 14.4 Å². The first-order chi connectivity index (χ1) is 15.5. The van der Waals surface area contributed by atoms with Crippen molar-refractivity contribution in [2.75, 3.05) is 33.9 Å². The first-order valence-corrected chi connectivity index (χ1v) is 10.5. The van der Waals surface area contributed by atoms with Crippen molar-refractivity contribution in [3.05, 3.63) is 65.2 Å². The van der Waals surface area contributed by atoms with E-state index in [0.717, 1.165) is 18.4 Å². The fraction of sp³-hybridized carbons (Fsp3) is 0.375. The number of carbonyl (C=O) groups is 3. The highest BCUT2D eigenvalue weighted by atomic mass is 16.5. The van der Waals surface area contributed by atoms with Gasteiger partial charge in [0.15, 0.2) is 0 Å². The summed E-state index contributed by atoms with van der Waals surface area (Å²) in [5.41, 5.74) is 1.87. The summed E-state index contributed by atoms with van der Waals surface area (Å²) in [7, 11) is 2.85. The van der Waals surface area contributed by atoms with Crippen LogP contribution in [0.3, 0.4) is 0 Å². The highest BCUT2D eigenvalue weighted by Crippen LogP contribution is 2.20. The third kappa shape index (κ3) is 6.31. The van der Waals surface area contributed by atoms with Crippen molar-refractivity contribution in [1.82, 2.24) is 10.2 Å². The van der Waals surface area contributed by atoms with E-state index >= 15 is 0 Å². The molecule has 2 amide bonds. The molecule has 8 nitrogen and oxygen atoms in total. The SMILES string of the molecule is COCC(=O)N1CCC(Oc2ccc(C(=O)NCc3ccc(C(=O)OC)cc3)cc2)CC1. The van der Waals surface area contributed by atoms with Crippen molar-refractivity contribution in [2.45, 2.75) is 25.5 Å². The van der Waals surface area contributed by atoms with E-state index in [0.29, 0.717) is 36.5 Å². The summed E-state index contributed by atoms with van der Waals surface area (Å²) < 4.78 is 15.6. The fourth-order valence-corrected chi connectivity index (χ4v) is 3.48. The Hall–Kier alpha value is -3.39. The first-order valence-electron chi connectivity index (χ1n) is 10.5. The van der Waals surface area contributed by atoms with Gasteiger partial charge in [-0.15, -0.1) is 0 Å². The second-order valence-corrected chi connectivity index (χ2v) is 7.53. The monoisotopic (exact) mass is 440 g/mol. The van der Waals surface area contributed by atoms with Crippen LogP contribution in [0.1, 0.15) is 39.1 Å². The maximum Gasteiger partial charge on any atom is 0.337 e. The minimum absolute atomic E-state index is 0.000670. The molecule has 1 saturated heterocycles. The Morgan fingerprint density at radius 2 is 1.56 bits per heavy atom. The molecular formula is C24H28N2O6. The number of benzene rings is 2. The Balaban J connectivity index is 1.45. The quantitative estimate of drug-likeness (QED) is 0.634. The molecule has 1 heterocycles. The van der Waals surface area contributed by atoms with Crippen LogP contribution in [0, 0.1) is 0 Å². The van der Waals surface area contributed by atoms with Gasteiger partial charge in [0.1, 0.15) is 18.5 Å². The lowest BCUT2D eigenvalue weighted by molar-refractivity contribution is -0.136. The number of hydrogen-bond donors (Lipinski definition) is 1. The lowest BCUT2D eigenvalue weighted by atomic mass is 10.1. The summed E-state index contributed by atoms with van der Waals surface area (Å²) in [6.45, 7) is 1.74. The van der Waals surface area contributed by atoms with Crippen molar-refractivity contribution < 1.29 is 28.6 Å². The van der Waals surface area contributed by atoms with Gasteiger partial charge in [-0.2, -0.15) is 0 Å². The number of nitrogens with zero attached hydrogens (tertiary/aromatic N) is 1. The zero-order valence-corrected chi connectivity index (χ0v) is 18.3. The number of carbonyl (C=O) groups excluding carboxylic acids is 3. The summed E-state index contributed by atoms with van der Waals surface area (Å²) in [5, 5.41) is 2.86. The van der Waals surface area contributed by atoms with Gasteiger partial charge in [0, 0.05) is 45.1 Å². The van der Waals surface area contributed by atoms with E-state index in [2.05, 4.69) is 10.1 Å². The van der Waals surface area contributed by atoms with Crippen LogP contribution in [0.15, 0.2) is 48.5 Å². The van der Waals surface area contributed by atoms with E-state index in [4.69, 9.17) is 9.47 Å². The number of methoxy groups -OCH3 is 2. The smallest absolute Gasteiger partial charge is 0.337 e. The molecule has 0 radical (unpaired) electrons. The number of amides is 2. The minimum Gasteiger partial charge on any atom is -0.490 e. The predicted octanol–water partition coefficient (Wildman–Crippen LogP) is 2.42. The van der Waals surface area contributed by atoms with Crippen LogP contribution < -0.4 is 10.1 Å². The molecule has 1 fully saturated rings. The zero-order chi connectivity index (χ0) is 22.9. The maximum atomic E-state index is 12.4. The summed E-state index contributed by atoms with van der Waals surface area (Å²) >= 11 is 0. The molecule has 0 unspecified atom stereocenters. The van der Waals surface area contributed by atoms with Crippen LogP contribution in [-0.2, 0) is 20.8 Å². The molecule has 1 N–H and O–H groups in total. The van der Waals surface area contributed by atoms with Gasteiger partial charge in [0.25, 0.3) is 5.91 Å². The number of rotatable bonds is 8. The average Bonchev–Trinajstić information content (AvgIpc) is 2.83. The Labute approximate surface area is 187 Å². The molecule has 0 aromatic heterocycles. The number of nitrogens with one attached hydrogen (secondary N) is 1. The fourth-order valence-electron chi connectivity index (χ4n) is 3.48. The molecule has 1 aliphatic rings. The van der Waals surface area contributed by atoms with Gasteiger partial charge in [-0.25, -0.2) is 4.79 Å². The van der Waals surface area contributed by atoms with E-state index in [1.807, 2.05) is 0 Å². The van der Waals surface area contributed by atoms with Gasteiger partial charge in [-0.1, -0.05) is 12.1 Å². The van der Waals surface area contributed by atoms with Crippen molar-refractivity contribution in [3.63, 3.8) is 0 Å². The largest absolute Gasteiger partial charge is 0.490 e. The lowest BCUT2D eigenvalue weighted by Gasteiger charge is -2.32. The normalized spacial score (nSPS) is 14.0. The lowest BCUT2D eigenvalue weighted by Crippen LogP contribution is -2.43. The number of ether oxygens (including phenoxy) is 3. The van der Waals surface area contributed by atoms with Gasteiger partial charge < -0.3 is 24.4 Å². The Morgan fingerprint density at radius 3 is 2.16 bits per heavy atom. The third-order valence-corrected chi connectivity index (χ3v) is 5.31. The Morgan fingerprint density at radius 1 is 0.938 bits per heavy atom. The zero-order valence-electron chi connectivity index (χ0n) is 18.3. The highest BCUT2D eigenvalue weighted by molar-refractivity contribution is 5.94. The molecule has 0 spiro atoms. The molecule has 0 bridgehead atoms. The molecule has 2 aromatic carbocycles. The van der Waals surface area contributed by atoms with Crippen molar-refractivity contribution in [3.8, 4) is 5.75 Å². The molecule has 1 aliphatic heterocycles. The van der Waals surface area contributed by atoms with Gasteiger partial charge in [0.05, 0.1) is 12.7 Å². The van der Waals surface area contributed by atoms with Gasteiger partial charge in [0.2, 0.25) is 5.91 Å². The molecule has 0 aliphatic carbocycles. The summed E-state index contributed by atoms with van der Waals surface area (Å²) in [4.78, 5) is 37.6. The van der Waals surface area contributed by atoms with Crippen LogP contribution in [0.5, 0.6) is 5.75 Å². The maximum absolute atomic E-state index is 12.4. The predicted molar refractivity (Wildman–Crippen MR) is 117 cm³/mol. The van der Waals surface area contributed by atoms with E-state index in [1.54, 1.807) is 53.4 Å². The molecule has 0 atom stereocenters. The average molecular weight is 440 g/mol. The molecule has 2 aromatic rings. The molecule has 8 heteroatoms. The van der Waals surface area contributed by atoms with Crippen LogP contribution in [-0.4, -0.2) is 62.7 Å². The van der Waals surface area contributed by atoms with Crippen LogP contribution >= 0.6 is 0 Å². The van der Waals surface area contributed by atoms with Crippen molar-refractivity contribution in [1.29, 1.82) is 0 Å². The Kier molecular flexibility index (Phi) is 8.21. The first kappa shape index (κ1) is 23.3.